The Morgan fingerprint density at radius 2 is 1.43 bits per heavy atom. The van der Waals surface area contributed by atoms with Crippen LogP contribution in [0.15, 0.2) is 12.1 Å². The second-order valence-corrected chi connectivity index (χ2v) is 4.53. The molecule has 1 saturated heterocycles. The van der Waals surface area contributed by atoms with Crippen LogP contribution in [0.3, 0.4) is 0 Å². The van der Waals surface area contributed by atoms with Crippen LogP contribution in [0.2, 0.25) is 0 Å². The number of nitrogens with zero attached hydrogens (tertiary/aromatic N) is 4. The van der Waals surface area contributed by atoms with E-state index in [0.29, 0.717) is 12.1 Å². The molecular formula is C11H10N4O8. The monoisotopic (exact) mass is 326 g/mol. The number of hydrogen-bond donors (Lipinski definition) is 0. The number of nitro benzene ring substituents is 3. The Bertz CT molecular complexity index is 662. The van der Waals surface area contributed by atoms with Crippen molar-refractivity contribution in [3.05, 3.63) is 48.0 Å². The number of benzene rings is 1. The van der Waals surface area contributed by atoms with E-state index in [0.717, 1.165) is 0 Å². The lowest BCUT2D eigenvalue weighted by Gasteiger charge is -2.26. The number of non-ortho nitro benzene ring substituents is 1. The minimum atomic E-state index is -1.05. The molecule has 122 valence electrons. The van der Waals surface area contributed by atoms with Gasteiger partial charge in [0.05, 0.1) is 40.1 Å². The third-order valence-corrected chi connectivity index (χ3v) is 3.20. The summed E-state index contributed by atoms with van der Waals surface area (Å²) in [5.41, 5.74) is -3.54. The maximum absolute atomic E-state index is 12.4. The zero-order chi connectivity index (χ0) is 17.1. The summed E-state index contributed by atoms with van der Waals surface area (Å²) in [6.07, 6.45) is 0. The average Bonchev–Trinajstić information content (AvgIpc) is 2.53. The highest BCUT2D eigenvalue weighted by Gasteiger charge is 2.37. The molecule has 2 rings (SSSR count). The molecule has 0 bridgehead atoms. The predicted octanol–water partition coefficient (Wildman–Crippen LogP) is 0.884. The Balaban J connectivity index is 2.63. The van der Waals surface area contributed by atoms with Crippen molar-refractivity contribution in [3.63, 3.8) is 0 Å². The highest BCUT2D eigenvalue weighted by molar-refractivity contribution is 6.02. The number of hydrogen-bond acceptors (Lipinski definition) is 8. The fourth-order valence-corrected chi connectivity index (χ4v) is 2.13. The molecule has 1 fully saturated rings. The second-order valence-electron chi connectivity index (χ2n) is 4.53. The van der Waals surface area contributed by atoms with Gasteiger partial charge < -0.3 is 9.64 Å². The molecule has 0 spiro atoms. The molecule has 1 aromatic carbocycles. The van der Waals surface area contributed by atoms with Crippen molar-refractivity contribution in [3.8, 4) is 0 Å². The fraction of sp³-hybridized carbons (Fsp3) is 0.364. The highest BCUT2D eigenvalue weighted by Crippen LogP contribution is 2.34. The van der Waals surface area contributed by atoms with Gasteiger partial charge in [-0.25, -0.2) is 0 Å². The Labute approximate surface area is 127 Å². The lowest BCUT2D eigenvalue weighted by Crippen LogP contribution is -2.41. The summed E-state index contributed by atoms with van der Waals surface area (Å²) in [7, 11) is 0. The molecule has 0 radical (unpaired) electrons. The maximum Gasteiger partial charge on any atom is 0.296 e. The molecule has 0 saturated carbocycles. The van der Waals surface area contributed by atoms with E-state index < -0.39 is 43.3 Å². The van der Waals surface area contributed by atoms with Crippen LogP contribution in [0.5, 0.6) is 0 Å². The SMILES string of the molecule is O=C(c1c([N+](=O)[O-])cc([N+](=O)[O-])cc1[N+](=O)[O-])N1CCOCC1. The van der Waals surface area contributed by atoms with Crippen molar-refractivity contribution >= 4 is 23.0 Å². The first kappa shape index (κ1) is 16.2. The van der Waals surface area contributed by atoms with Gasteiger partial charge in [0.1, 0.15) is 0 Å². The van der Waals surface area contributed by atoms with Gasteiger partial charge >= 0.3 is 0 Å². The summed E-state index contributed by atoms with van der Waals surface area (Å²) in [6.45, 7) is 0.620. The smallest absolute Gasteiger partial charge is 0.296 e. The Morgan fingerprint density at radius 1 is 0.957 bits per heavy atom. The number of rotatable bonds is 4. The molecule has 1 aliphatic rings. The normalized spacial score (nSPS) is 14.3. The van der Waals surface area contributed by atoms with Gasteiger partial charge in [-0.15, -0.1) is 0 Å². The van der Waals surface area contributed by atoms with E-state index in [1.807, 2.05) is 0 Å². The fourth-order valence-electron chi connectivity index (χ4n) is 2.13. The standard InChI is InChI=1S/C11H10N4O8/c16-11(12-1-3-23-4-2-12)10-8(14(19)20)5-7(13(17)18)6-9(10)15(21)22/h5-6H,1-4H2. The zero-order valence-corrected chi connectivity index (χ0v) is 11.5. The van der Waals surface area contributed by atoms with Crippen LogP contribution in [0.1, 0.15) is 10.4 Å². The molecular weight excluding hydrogens is 316 g/mol. The number of amides is 1. The van der Waals surface area contributed by atoms with Gasteiger partial charge in [-0.3, -0.25) is 35.1 Å². The van der Waals surface area contributed by atoms with E-state index in [-0.39, 0.29) is 26.3 Å². The van der Waals surface area contributed by atoms with Crippen molar-refractivity contribution in [2.24, 2.45) is 0 Å². The number of ether oxygens (including phenoxy) is 1. The summed E-state index contributed by atoms with van der Waals surface area (Å²) < 4.78 is 5.04. The average molecular weight is 326 g/mol. The number of nitro groups is 3. The number of carbonyl (C=O) groups excluding carboxylic acids is 1. The van der Waals surface area contributed by atoms with Crippen molar-refractivity contribution < 1.29 is 24.3 Å². The molecule has 0 atom stereocenters. The Morgan fingerprint density at radius 3 is 1.83 bits per heavy atom. The molecule has 0 aromatic heterocycles. The molecule has 0 unspecified atom stereocenters. The van der Waals surface area contributed by atoms with E-state index in [4.69, 9.17) is 4.74 Å². The van der Waals surface area contributed by atoms with Gasteiger partial charge in [0.25, 0.3) is 23.0 Å². The van der Waals surface area contributed by atoms with Crippen LogP contribution >= 0.6 is 0 Å². The van der Waals surface area contributed by atoms with E-state index in [9.17, 15) is 35.1 Å². The third kappa shape index (κ3) is 3.21. The van der Waals surface area contributed by atoms with Crippen molar-refractivity contribution in [1.29, 1.82) is 0 Å². The lowest BCUT2D eigenvalue weighted by molar-refractivity contribution is -0.403. The highest BCUT2D eigenvalue weighted by atomic mass is 16.6. The van der Waals surface area contributed by atoms with Crippen LogP contribution < -0.4 is 0 Å². The molecule has 0 N–H and O–H groups in total. The Hall–Kier alpha value is -3.15. The quantitative estimate of drug-likeness (QED) is 0.582. The van der Waals surface area contributed by atoms with Gasteiger partial charge in [-0.1, -0.05) is 0 Å². The Kier molecular flexibility index (Phi) is 4.45. The number of carbonyl (C=O) groups is 1. The first-order chi connectivity index (χ1) is 10.8. The topological polar surface area (TPSA) is 159 Å². The van der Waals surface area contributed by atoms with Crippen LogP contribution in [0.4, 0.5) is 17.1 Å². The summed E-state index contributed by atoms with van der Waals surface area (Å²) >= 11 is 0. The van der Waals surface area contributed by atoms with Crippen LogP contribution in [0.25, 0.3) is 0 Å². The molecule has 1 heterocycles. The molecule has 12 heteroatoms. The first-order valence-corrected chi connectivity index (χ1v) is 6.31. The summed E-state index contributed by atoms with van der Waals surface area (Å²) in [6, 6.07) is 1.08. The van der Waals surface area contributed by atoms with Crippen molar-refractivity contribution in [1.82, 2.24) is 4.90 Å². The van der Waals surface area contributed by atoms with E-state index in [2.05, 4.69) is 0 Å². The second kappa shape index (κ2) is 6.31. The van der Waals surface area contributed by atoms with E-state index >= 15 is 0 Å². The maximum atomic E-state index is 12.4. The molecule has 1 amide bonds. The van der Waals surface area contributed by atoms with Gasteiger partial charge in [0.2, 0.25) is 0 Å². The first-order valence-electron chi connectivity index (χ1n) is 6.31. The molecule has 23 heavy (non-hydrogen) atoms. The largest absolute Gasteiger partial charge is 0.378 e. The molecule has 1 aromatic rings. The summed E-state index contributed by atoms with van der Waals surface area (Å²) in [4.78, 5) is 43.5. The molecule has 1 aliphatic heterocycles. The summed E-state index contributed by atoms with van der Waals surface area (Å²) in [5.74, 6) is -0.929. The third-order valence-electron chi connectivity index (χ3n) is 3.20. The van der Waals surface area contributed by atoms with Crippen LogP contribution in [-0.2, 0) is 4.74 Å². The van der Waals surface area contributed by atoms with Crippen LogP contribution in [0, 0.1) is 30.3 Å². The molecule has 12 nitrogen and oxygen atoms in total. The summed E-state index contributed by atoms with van der Waals surface area (Å²) in [5, 5.41) is 33.0. The van der Waals surface area contributed by atoms with E-state index in [1.54, 1.807) is 0 Å². The van der Waals surface area contributed by atoms with Crippen molar-refractivity contribution in [2.45, 2.75) is 0 Å². The minimum Gasteiger partial charge on any atom is -0.378 e. The lowest BCUT2D eigenvalue weighted by atomic mass is 10.1. The van der Waals surface area contributed by atoms with Crippen LogP contribution in [-0.4, -0.2) is 51.9 Å². The van der Waals surface area contributed by atoms with Gasteiger partial charge in [-0.05, 0) is 0 Å². The zero-order valence-electron chi connectivity index (χ0n) is 11.5. The molecule has 0 aliphatic carbocycles. The minimum absolute atomic E-state index is 0.115. The van der Waals surface area contributed by atoms with E-state index in [1.165, 1.54) is 4.90 Å². The van der Waals surface area contributed by atoms with Gasteiger partial charge in [0, 0.05) is 13.1 Å². The van der Waals surface area contributed by atoms with Gasteiger partial charge in [0.15, 0.2) is 5.56 Å². The predicted molar refractivity (Wildman–Crippen MR) is 73.1 cm³/mol. The number of morpholine rings is 1. The van der Waals surface area contributed by atoms with Gasteiger partial charge in [-0.2, -0.15) is 0 Å². The van der Waals surface area contributed by atoms with Crippen molar-refractivity contribution in [2.75, 3.05) is 26.3 Å².